The van der Waals surface area contributed by atoms with E-state index in [1.165, 1.54) is 18.2 Å². The molecule has 0 aliphatic carbocycles. The highest BCUT2D eigenvalue weighted by atomic mass is 16.6. The van der Waals surface area contributed by atoms with Crippen LogP contribution in [0.4, 0.5) is 11.4 Å². The molecule has 0 atom stereocenters. The van der Waals surface area contributed by atoms with Gasteiger partial charge in [0, 0.05) is 17.5 Å². The van der Waals surface area contributed by atoms with Crippen LogP contribution in [0.25, 0.3) is 10.9 Å². The largest absolute Gasteiger partial charge is 0.493 e. The van der Waals surface area contributed by atoms with Gasteiger partial charge in [-0.05, 0) is 24.6 Å². The molecule has 0 saturated carbocycles. The number of H-pyrrole nitrogens is 1. The van der Waals surface area contributed by atoms with Crippen molar-refractivity contribution in [1.29, 1.82) is 0 Å². The summed E-state index contributed by atoms with van der Waals surface area (Å²) < 4.78 is 0. The van der Waals surface area contributed by atoms with Gasteiger partial charge in [-0.15, -0.1) is 10.2 Å². The van der Waals surface area contributed by atoms with E-state index in [2.05, 4.69) is 15.2 Å². The lowest BCUT2D eigenvalue weighted by atomic mass is 10.1. The van der Waals surface area contributed by atoms with Crippen LogP contribution in [0.2, 0.25) is 0 Å². The summed E-state index contributed by atoms with van der Waals surface area (Å²) in [6, 6.07) is 11.3. The molecular formula is C17H14N4O4. The SMILES string of the molecule is Cc1ccc2[nH]c(O)c(N=NC(=O)Cc3cccc([N+](=O)[O-])c3)c2c1. The molecule has 1 amide bonds. The standard InChI is InChI=1S/C17H14N4O4/c1-10-5-6-14-13(7-10)16(17(23)18-14)20-19-15(22)9-11-3-2-4-12(8-11)21(24)25/h2-8,18,23H,9H2,1H3. The first-order chi connectivity index (χ1) is 11.9. The van der Waals surface area contributed by atoms with Crippen molar-refractivity contribution < 1.29 is 14.8 Å². The average molecular weight is 338 g/mol. The van der Waals surface area contributed by atoms with Crippen molar-refractivity contribution in [3.8, 4) is 5.88 Å². The topological polar surface area (TPSA) is 121 Å². The molecule has 25 heavy (non-hydrogen) atoms. The number of nitro groups is 1. The number of aryl methyl sites for hydroxylation is 1. The van der Waals surface area contributed by atoms with E-state index in [1.54, 1.807) is 12.1 Å². The fourth-order valence-electron chi connectivity index (χ4n) is 2.47. The molecule has 8 heteroatoms. The van der Waals surface area contributed by atoms with E-state index in [0.717, 1.165) is 5.56 Å². The summed E-state index contributed by atoms with van der Waals surface area (Å²) in [6.07, 6.45) is -0.118. The van der Waals surface area contributed by atoms with Crippen LogP contribution in [0.15, 0.2) is 52.7 Å². The van der Waals surface area contributed by atoms with Crippen molar-refractivity contribution in [3.05, 3.63) is 63.7 Å². The first-order valence-corrected chi connectivity index (χ1v) is 7.43. The third-order valence-corrected chi connectivity index (χ3v) is 3.65. The predicted molar refractivity (Wildman–Crippen MR) is 91.0 cm³/mol. The maximum Gasteiger partial charge on any atom is 0.269 e. The Kier molecular flexibility index (Phi) is 4.25. The van der Waals surface area contributed by atoms with Gasteiger partial charge in [0.2, 0.25) is 5.88 Å². The third kappa shape index (κ3) is 3.52. The molecular weight excluding hydrogens is 324 g/mol. The van der Waals surface area contributed by atoms with Crippen LogP contribution in [0.5, 0.6) is 5.88 Å². The first kappa shape index (κ1) is 16.3. The highest BCUT2D eigenvalue weighted by Crippen LogP contribution is 2.35. The predicted octanol–water partition coefficient (Wildman–Crippen LogP) is 3.94. The minimum Gasteiger partial charge on any atom is -0.493 e. The molecule has 0 bridgehead atoms. The van der Waals surface area contributed by atoms with Gasteiger partial charge in [0.25, 0.3) is 11.6 Å². The average Bonchev–Trinajstić information content (AvgIpc) is 2.88. The Morgan fingerprint density at radius 3 is 2.84 bits per heavy atom. The first-order valence-electron chi connectivity index (χ1n) is 7.43. The molecule has 1 aromatic heterocycles. The van der Waals surface area contributed by atoms with Crippen LogP contribution in [-0.4, -0.2) is 20.9 Å². The number of aromatic nitrogens is 1. The van der Waals surface area contributed by atoms with E-state index in [0.29, 0.717) is 16.5 Å². The van der Waals surface area contributed by atoms with Crippen molar-refractivity contribution in [2.45, 2.75) is 13.3 Å². The molecule has 2 aromatic carbocycles. The van der Waals surface area contributed by atoms with Crippen LogP contribution in [-0.2, 0) is 11.2 Å². The van der Waals surface area contributed by atoms with Crippen LogP contribution in [0.3, 0.4) is 0 Å². The molecule has 0 aliphatic rings. The van der Waals surface area contributed by atoms with Gasteiger partial charge in [-0.1, -0.05) is 23.8 Å². The highest BCUT2D eigenvalue weighted by Gasteiger charge is 2.12. The smallest absolute Gasteiger partial charge is 0.269 e. The minimum absolute atomic E-state index is 0.0908. The van der Waals surface area contributed by atoms with Crippen LogP contribution < -0.4 is 0 Å². The molecule has 0 unspecified atom stereocenters. The van der Waals surface area contributed by atoms with E-state index >= 15 is 0 Å². The molecule has 0 aliphatic heterocycles. The number of non-ortho nitro benzene ring substituents is 1. The normalized spacial score (nSPS) is 11.2. The van der Waals surface area contributed by atoms with Gasteiger partial charge in [0.1, 0.15) is 0 Å². The van der Waals surface area contributed by atoms with Crippen LogP contribution >= 0.6 is 0 Å². The monoisotopic (exact) mass is 338 g/mol. The van der Waals surface area contributed by atoms with Crippen LogP contribution in [0, 0.1) is 17.0 Å². The Hall–Kier alpha value is -3.55. The maximum atomic E-state index is 12.0. The number of benzene rings is 2. The summed E-state index contributed by atoms with van der Waals surface area (Å²) in [6.45, 7) is 1.90. The molecule has 126 valence electrons. The lowest BCUT2D eigenvalue weighted by Crippen LogP contribution is -1.99. The zero-order valence-corrected chi connectivity index (χ0v) is 13.3. The number of fused-ring (bicyclic) bond motifs is 1. The maximum absolute atomic E-state index is 12.0. The summed E-state index contributed by atoms with van der Waals surface area (Å²) in [7, 11) is 0. The Balaban J connectivity index is 1.81. The van der Waals surface area contributed by atoms with Crippen molar-refractivity contribution in [2.75, 3.05) is 0 Å². The summed E-state index contributed by atoms with van der Waals surface area (Å²) >= 11 is 0. The summed E-state index contributed by atoms with van der Waals surface area (Å²) in [4.78, 5) is 25.0. The third-order valence-electron chi connectivity index (χ3n) is 3.65. The Bertz CT molecular complexity index is 1010. The molecule has 1 heterocycles. The number of azo groups is 1. The summed E-state index contributed by atoms with van der Waals surface area (Å²) in [5, 5.41) is 28.8. The van der Waals surface area contributed by atoms with Gasteiger partial charge < -0.3 is 10.1 Å². The number of nitrogens with zero attached hydrogens (tertiary/aromatic N) is 3. The number of nitro benzene ring substituents is 1. The fraction of sp³-hybridized carbons (Fsp3) is 0.118. The van der Waals surface area contributed by atoms with Gasteiger partial charge in [-0.2, -0.15) is 0 Å². The second-order valence-corrected chi connectivity index (χ2v) is 5.57. The zero-order valence-electron chi connectivity index (χ0n) is 13.3. The molecule has 0 fully saturated rings. The molecule has 0 spiro atoms. The number of hydrogen-bond acceptors (Lipinski definition) is 5. The van der Waals surface area contributed by atoms with Gasteiger partial charge in [0.05, 0.1) is 16.9 Å². The van der Waals surface area contributed by atoms with Gasteiger partial charge in [-0.25, -0.2) is 0 Å². The van der Waals surface area contributed by atoms with E-state index in [1.807, 2.05) is 19.1 Å². The quantitative estimate of drug-likeness (QED) is 0.425. The number of aromatic amines is 1. The van der Waals surface area contributed by atoms with E-state index < -0.39 is 10.8 Å². The second-order valence-electron chi connectivity index (χ2n) is 5.57. The van der Waals surface area contributed by atoms with Gasteiger partial charge >= 0.3 is 0 Å². The lowest BCUT2D eigenvalue weighted by molar-refractivity contribution is -0.384. The Morgan fingerprint density at radius 2 is 2.08 bits per heavy atom. The van der Waals surface area contributed by atoms with Gasteiger partial charge in [-0.3, -0.25) is 14.9 Å². The van der Waals surface area contributed by atoms with Crippen molar-refractivity contribution in [3.63, 3.8) is 0 Å². The van der Waals surface area contributed by atoms with E-state index in [9.17, 15) is 20.0 Å². The van der Waals surface area contributed by atoms with E-state index in [-0.39, 0.29) is 23.7 Å². The van der Waals surface area contributed by atoms with Gasteiger partial charge in [0.15, 0.2) is 5.69 Å². The molecule has 0 saturated heterocycles. The Labute approximate surface area is 142 Å². The van der Waals surface area contributed by atoms with Crippen molar-refractivity contribution in [2.24, 2.45) is 10.2 Å². The summed E-state index contributed by atoms with van der Waals surface area (Å²) in [5.74, 6) is -0.741. The Morgan fingerprint density at radius 1 is 1.28 bits per heavy atom. The fourth-order valence-corrected chi connectivity index (χ4v) is 2.47. The number of rotatable bonds is 4. The number of aromatic hydroxyl groups is 1. The molecule has 0 radical (unpaired) electrons. The number of carbonyl (C=O) groups is 1. The van der Waals surface area contributed by atoms with Crippen molar-refractivity contribution >= 4 is 28.2 Å². The molecule has 3 aromatic rings. The van der Waals surface area contributed by atoms with Crippen LogP contribution in [0.1, 0.15) is 11.1 Å². The second kappa shape index (κ2) is 6.52. The minimum atomic E-state index is -0.568. The molecule has 8 nitrogen and oxygen atoms in total. The molecule has 3 rings (SSSR count). The summed E-state index contributed by atoms with van der Waals surface area (Å²) in [5.41, 5.74) is 2.23. The zero-order chi connectivity index (χ0) is 18.0. The molecule has 2 N–H and O–H groups in total. The van der Waals surface area contributed by atoms with Crippen molar-refractivity contribution in [1.82, 2.24) is 4.98 Å². The number of hydrogen-bond donors (Lipinski definition) is 2. The highest BCUT2D eigenvalue weighted by molar-refractivity contribution is 5.94. The lowest BCUT2D eigenvalue weighted by Gasteiger charge is -1.97. The number of nitrogens with one attached hydrogen (secondary N) is 1. The number of amides is 1. The van der Waals surface area contributed by atoms with E-state index in [4.69, 9.17) is 0 Å². The number of carbonyl (C=O) groups excluding carboxylic acids is 1.